The van der Waals surface area contributed by atoms with E-state index in [9.17, 15) is 4.79 Å². The highest BCUT2D eigenvalue weighted by Crippen LogP contribution is 2.28. The minimum atomic E-state index is -0.787. The lowest BCUT2D eigenvalue weighted by atomic mass is 9.99. The smallest absolute Gasteiger partial charge is 0.304 e. The van der Waals surface area contributed by atoms with Crippen LogP contribution in [0, 0.1) is 0 Å². The molecule has 0 fully saturated rings. The summed E-state index contributed by atoms with van der Waals surface area (Å²) in [6.45, 7) is 3.32. The highest BCUT2D eigenvalue weighted by molar-refractivity contribution is 5.66. The van der Waals surface area contributed by atoms with E-state index >= 15 is 0 Å². The number of unbranched alkanes of at least 4 members (excludes halogenated alkanes) is 1. The van der Waals surface area contributed by atoms with Crippen LogP contribution in [-0.4, -0.2) is 27.8 Å². The van der Waals surface area contributed by atoms with E-state index in [1.807, 2.05) is 54.6 Å². The summed E-state index contributed by atoms with van der Waals surface area (Å²) >= 11 is 0. The summed E-state index contributed by atoms with van der Waals surface area (Å²) in [7, 11) is 0. The van der Waals surface area contributed by atoms with Crippen molar-refractivity contribution in [3.05, 3.63) is 90.0 Å². The van der Waals surface area contributed by atoms with E-state index in [4.69, 9.17) is 9.52 Å². The van der Waals surface area contributed by atoms with Gasteiger partial charge >= 0.3 is 5.97 Å². The van der Waals surface area contributed by atoms with Gasteiger partial charge in [-0.25, -0.2) is 0 Å². The van der Waals surface area contributed by atoms with Crippen molar-refractivity contribution in [1.29, 1.82) is 0 Å². The zero-order valence-electron chi connectivity index (χ0n) is 20.5. The normalized spacial score (nSPS) is 11.8. The Hall–Kier alpha value is -3.97. The van der Waals surface area contributed by atoms with Gasteiger partial charge in [0.1, 0.15) is 0 Å². The third-order valence-electron chi connectivity index (χ3n) is 5.99. The molecule has 4 rings (SSSR count). The number of aliphatic carboxylic acids is 1. The standard InChI is InChI=1S/C29H32N4O3/c1-2-3-9-26(22-12-10-21(11-13-22)20-30-19-18-27(34)35)31-25-16-14-24(15-17-25)29-33-32-28(36-29)23-7-5-4-6-8-23/h4-8,10-17,26,30-31H,2-3,9,18-20H2,1H3,(H,34,35). The fourth-order valence-electron chi connectivity index (χ4n) is 3.97. The second-order valence-electron chi connectivity index (χ2n) is 8.76. The zero-order chi connectivity index (χ0) is 25.2. The summed E-state index contributed by atoms with van der Waals surface area (Å²) in [6.07, 6.45) is 3.40. The van der Waals surface area contributed by atoms with Crippen molar-refractivity contribution in [3.8, 4) is 22.9 Å². The molecule has 7 heteroatoms. The number of hydrogen-bond acceptors (Lipinski definition) is 6. The number of carbonyl (C=O) groups is 1. The molecule has 0 amide bonds. The fraction of sp³-hybridized carbons (Fsp3) is 0.276. The van der Waals surface area contributed by atoms with Gasteiger partial charge < -0.3 is 20.2 Å². The minimum absolute atomic E-state index is 0.126. The average Bonchev–Trinajstić information content (AvgIpc) is 3.41. The Labute approximate surface area is 211 Å². The molecule has 0 spiro atoms. The number of carboxylic acid groups (broad SMARTS) is 1. The lowest BCUT2D eigenvalue weighted by molar-refractivity contribution is -0.136. The molecular formula is C29H32N4O3. The summed E-state index contributed by atoms with van der Waals surface area (Å²) in [5.41, 5.74) is 5.17. The van der Waals surface area contributed by atoms with Crippen LogP contribution in [0.1, 0.15) is 49.8 Å². The largest absolute Gasteiger partial charge is 0.481 e. The Bertz CT molecular complexity index is 1220. The molecule has 4 aromatic rings. The van der Waals surface area contributed by atoms with Crippen molar-refractivity contribution in [2.45, 2.75) is 45.2 Å². The van der Waals surface area contributed by atoms with Crippen molar-refractivity contribution < 1.29 is 14.3 Å². The number of benzene rings is 3. The van der Waals surface area contributed by atoms with Gasteiger partial charge in [0.05, 0.1) is 12.5 Å². The van der Waals surface area contributed by atoms with Crippen LogP contribution < -0.4 is 10.6 Å². The Morgan fingerprint density at radius 2 is 1.58 bits per heavy atom. The molecule has 7 nitrogen and oxygen atoms in total. The molecule has 0 radical (unpaired) electrons. The van der Waals surface area contributed by atoms with Crippen LogP contribution in [0.4, 0.5) is 5.69 Å². The summed E-state index contributed by atoms with van der Waals surface area (Å²) in [5, 5.41) is 24.0. The first-order valence-corrected chi connectivity index (χ1v) is 12.4. The highest BCUT2D eigenvalue weighted by Gasteiger charge is 2.13. The molecule has 186 valence electrons. The molecule has 0 saturated heterocycles. The second-order valence-corrected chi connectivity index (χ2v) is 8.76. The maximum Gasteiger partial charge on any atom is 0.304 e. The molecule has 3 aromatic carbocycles. The molecule has 0 bridgehead atoms. The first kappa shape index (κ1) is 25.1. The van der Waals surface area contributed by atoms with Crippen molar-refractivity contribution in [3.63, 3.8) is 0 Å². The molecule has 1 aromatic heterocycles. The van der Waals surface area contributed by atoms with E-state index in [-0.39, 0.29) is 12.5 Å². The molecule has 0 aliphatic heterocycles. The summed E-state index contributed by atoms with van der Waals surface area (Å²) in [6, 6.07) is 26.5. The molecule has 3 N–H and O–H groups in total. The summed E-state index contributed by atoms with van der Waals surface area (Å²) in [5.74, 6) is 0.216. The SMILES string of the molecule is CCCCC(Nc1ccc(-c2nnc(-c3ccccc3)o2)cc1)c1ccc(CNCCC(=O)O)cc1. The van der Waals surface area contributed by atoms with Crippen molar-refractivity contribution in [2.75, 3.05) is 11.9 Å². The van der Waals surface area contributed by atoms with Gasteiger partial charge in [-0.3, -0.25) is 4.79 Å². The van der Waals surface area contributed by atoms with Crippen molar-refractivity contribution in [1.82, 2.24) is 15.5 Å². The predicted octanol–water partition coefficient (Wildman–Crippen LogP) is 6.31. The third-order valence-corrected chi connectivity index (χ3v) is 5.99. The number of nitrogens with zero attached hydrogens (tertiary/aromatic N) is 2. The van der Waals surface area contributed by atoms with Crippen LogP contribution in [0.2, 0.25) is 0 Å². The van der Waals surface area contributed by atoms with Gasteiger partial charge in [-0.1, -0.05) is 62.2 Å². The number of carboxylic acids is 1. The molecule has 1 unspecified atom stereocenters. The van der Waals surface area contributed by atoms with Gasteiger partial charge in [-0.15, -0.1) is 10.2 Å². The molecule has 0 aliphatic rings. The lowest BCUT2D eigenvalue weighted by Crippen LogP contribution is -2.17. The van der Waals surface area contributed by atoms with Gasteiger partial charge in [0.15, 0.2) is 0 Å². The van der Waals surface area contributed by atoms with Gasteiger partial charge in [-0.05, 0) is 53.9 Å². The molecule has 1 atom stereocenters. The lowest BCUT2D eigenvalue weighted by Gasteiger charge is -2.21. The minimum Gasteiger partial charge on any atom is -0.481 e. The molecule has 0 aliphatic carbocycles. The number of nitrogens with one attached hydrogen (secondary N) is 2. The van der Waals surface area contributed by atoms with Crippen LogP contribution in [0.15, 0.2) is 83.3 Å². The van der Waals surface area contributed by atoms with E-state index < -0.39 is 5.97 Å². The molecular weight excluding hydrogens is 452 g/mol. The van der Waals surface area contributed by atoms with Crippen LogP contribution in [0.3, 0.4) is 0 Å². The first-order valence-electron chi connectivity index (χ1n) is 12.4. The zero-order valence-corrected chi connectivity index (χ0v) is 20.5. The molecule has 1 heterocycles. The quantitative estimate of drug-likeness (QED) is 0.191. The second kappa shape index (κ2) is 12.7. The Morgan fingerprint density at radius 3 is 2.22 bits per heavy atom. The molecule has 36 heavy (non-hydrogen) atoms. The van der Waals surface area contributed by atoms with E-state index in [0.29, 0.717) is 24.9 Å². The van der Waals surface area contributed by atoms with Gasteiger partial charge in [0, 0.05) is 29.9 Å². The van der Waals surface area contributed by atoms with Crippen LogP contribution in [-0.2, 0) is 11.3 Å². The van der Waals surface area contributed by atoms with E-state index in [1.54, 1.807) is 0 Å². The first-order chi connectivity index (χ1) is 17.6. The number of hydrogen-bond donors (Lipinski definition) is 3. The van der Waals surface area contributed by atoms with E-state index in [1.165, 1.54) is 5.56 Å². The topological polar surface area (TPSA) is 100 Å². The van der Waals surface area contributed by atoms with Gasteiger partial charge in [0.25, 0.3) is 0 Å². The summed E-state index contributed by atoms with van der Waals surface area (Å²) in [4.78, 5) is 10.7. The Kier molecular flexibility index (Phi) is 8.83. The fourth-order valence-corrected chi connectivity index (χ4v) is 3.97. The van der Waals surface area contributed by atoms with E-state index in [2.05, 4.69) is 52.0 Å². The highest BCUT2D eigenvalue weighted by atomic mass is 16.4. The van der Waals surface area contributed by atoms with Crippen LogP contribution in [0.25, 0.3) is 22.9 Å². The number of aromatic nitrogens is 2. The van der Waals surface area contributed by atoms with Crippen molar-refractivity contribution >= 4 is 11.7 Å². The van der Waals surface area contributed by atoms with Crippen LogP contribution >= 0.6 is 0 Å². The molecule has 0 saturated carbocycles. The van der Waals surface area contributed by atoms with Crippen molar-refractivity contribution in [2.24, 2.45) is 0 Å². The predicted molar refractivity (Wildman–Crippen MR) is 141 cm³/mol. The van der Waals surface area contributed by atoms with Gasteiger partial charge in [-0.2, -0.15) is 0 Å². The average molecular weight is 485 g/mol. The third kappa shape index (κ3) is 7.02. The monoisotopic (exact) mass is 484 g/mol. The van der Waals surface area contributed by atoms with Crippen LogP contribution in [0.5, 0.6) is 0 Å². The van der Waals surface area contributed by atoms with Gasteiger partial charge in [0.2, 0.25) is 11.8 Å². The Morgan fingerprint density at radius 1 is 0.917 bits per heavy atom. The maximum absolute atomic E-state index is 10.7. The summed E-state index contributed by atoms with van der Waals surface area (Å²) < 4.78 is 5.88. The number of rotatable bonds is 13. The Balaban J connectivity index is 1.40. The maximum atomic E-state index is 10.7. The number of anilines is 1. The van der Waals surface area contributed by atoms with E-state index in [0.717, 1.165) is 41.6 Å².